The molecule has 0 N–H and O–H groups in total. The Labute approximate surface area is 92.3 Å². The average molecular weight is 227 g/mol. The van der Waals surface area contributed by atoms with Crippen LogP contribution in [0, 0.1) is 13.8 Å². The summed E-state index contributed by atoms with van der Waals surface area (Å²) < 4.78 is 5.45. The van der Waals surface area contributed by atoms with Gasteiger partial charge in [-0.1, -0.05) is 6.07 Å². The molecule has 0 aliphatic heterocycles. The highest BCUT2D eigenvalue weighted by molar-refractivity contribution is 7.10. The van der Waals surface area contributed by atoms with E-state index in [9.17, 15) is 0 Å². The molecule has 0 aliphatic rings. The van der Waals surface area contributed by atoms with Crippen LogP contribution < -0.4 is 0 Å². The van der Waals surface area contributed by atoms with E-state index in [1.54, 1.807) is 11.3 Å². The summed E-state index contributed by atoms with van der Waals surface area (Å²) in [5.41, 5.74) is 1.08. The molecule has 1 unspecified atom stereocenters. The average Bonchev–Trinajstić information content (AvgIpc) is 2.73. The number of hydrogen-bond acceptors (Lipinski definition) is 2. The molecule has 0 saturated heterocycles. The molecule has 0 radical (unpaired) electrons. The molecular formula is C11H11ClOS. The van der Waals surface area contributed by atoms with E-state index in [1.807, 2.05) is 37.4 Å². The molecule has 0 fully saturated rings. The zero-order valence-electron chi connectivity index (χ0n) is 8.08. The lowest BCUT2D eigenvalue weighted by Gasteiger charge is -2.04. The van der Waals surface area contributed by atoms with Crippen LogP contribution in [0.1, 0.15) is 27.3 Å². The first kappa shape index (κ1) is 9.81. The largest absolute Gasteiger partial charge is 0.466 e. The third-order valence-electron chi connectivity index (χ3n) is 2.15. The molecular weight excluding hydrogens is 216 g/mol. The number of thiophene rings is 1. The molecule has 2 rings (SSSR count). The minimum atomic E-state index is -0.0764. The van der Waals surface area contributed by atoms with Crippen LogP contribution in [0.4, 0.5) is 0 Å². The van der Waals surface area contributed by atoms with Crippen molar-refractivity contribution in [1.29, 1.82) is 0 Å². The second kappa shape index (κ2) is 3.79. The SMILES string of the molecule is Cc1cc(C(Cl)c2cccs2)c(C)o1. The molecule has 0 aromatic carbocycles. The van der Waals surface area contributed by atoms with Crippen LogP contribution in [0.25, 0.3) is 0 Å². The molecule has 1 nitrogen and oxygen atoms in total. The van der Waals surface area contributed by atoms with Crippen LogP contribution >= 0.6 is 22.9 Å². The molecule has 2 aromatic heterocycles. The second-order valence-corrected chi connectivity index (χ2v) is 4.66. The molecule has 74 valence electrons. The summed E-state index contributed by atoms with van der Waals surface area (Å²) in [5, 5.41) is 1.96. The molecule has 3 heteroatoms. The summed E-state index contributed by atoms with van der Waals surface area (Å²) in [6, 6.07) is 6.06. The molecule has 0 spiro atoms. The van der Waals surface area contributed by atoms with Crippen LogP contribution in [-0.2, 0) is 0 Å². The topological polar surface area (TPSA) is 13.1 Å². The fraction of sp³-hybridized carbons (Fsp3) is 0.273. The van der Waals surface area contributed by atoms with Crippen LogP contribution in [0.3, 0.4) is 0 Å². The monoisotopic (exact) mass is 226 g/mol. The Balaban J connectivity index is 2.36. The van der Waals surface area contributed by atoms with E-state index in [2.05, 4.69) is 0 Å². The molecule has 0 amide bonds. The highest BCUT2D eigenvalue weighted by Gasteiger charge is 2.17. The molecule has 14 heavy (non-hydrogen) atoms. The number of hydrogen-bond donors (Lipinski definition) is 0. The van der Waals surface area contributed by atoms with Gasteiger partial charge in [-0.2, -0.15) is 0 Å². The van der Waals surface area contributed by atoms with E-state index in [0.29, 0.717) is 0 Å². The van der Waals surface area contributed by atoms with Gasteiger partial charge in [0.2, 0.25) is 0 Å². The fourth-order valence-electron chi connectivity index (χ4n) is 1.49. The van der Waals surface area contributed by atoms with E-state index in [1.165, 1.54) is 0 Å². The van der Waals surface area contributed by atoms with Crippen molar-refractivity contribution in [2.75, 3.05) is 0 Å². The second-order valence-electron chi connectivity index (χ2n) is 3.25. The van der Waals surface area contributed by atoms with Crippen molar-refractivity contribution in [2.45, 2.75) is 19.2 Å². The van der Waals surface area contributed by atoms with Crippen LogP contribution in [-0.4, -0.2) is 0 Å². The Morgan fingerprint density at radius 2 is 2.21 bits per heavy atom. The summed E-state index contributed by atoms with van der Waals surface area (Å²) in [7, 11) is 0. The first-order chi connectivity index (χ1) is 6.68. The van der Waals surface area contributed by atoms with Crippen molar-refractivity contribution in [3.8, 4) is 0 Å². The third kappa shape index (κ3) is 1.72. The van der Waals surface area contributed by atoms with Crippen LogP contribution in [0.15, 0.2) is 28.0 Å². The maximum atomic E-state index is 6.34. The zero-order valence-corrected chi connectivity index (χ0v) is 9.65. The summed E-state index contributed by atoms with van der Waals surface area (Å²) >= 11 is 8.01. The van der Waals surface area contributed by atoms with Crippen LogP contribution in [0.5, 0.6) is 0 Å². The van der Waals surface area contributed by atoms with Crippen molar-refractivity contribution < 1.29 is 4.42 Å². The van der Waals surface area contributed by atoms with Crippen molar-refractivity contribution in [2.24, 2.45) is 0 Å². The van der Waals surface area contributed by atoms with E-state index in [4.69, 9.17) is 16.0 Å². The highest BCUT2D eigenvalue weighted by Crippen LogP contribution is 2.34. The molecule has 0 saturated carbocycles. The Morgan fingerprint density at radius 3 is 2.71 bits per heavy atom. The first-order valence-corrected chi connectivity index (χ1v) is 5.74. The predicted molar refractivity (Wildman–Crippen MR) is 60.2 cm³/mol. The summed E-state index contributed by atoms with van der Waals surface area (Å²) in [6.07, 6.45) is 0. The highest BCUT2D eigenvalue weighted by atomic mass is 35.5. The Morgan fingerprint density at radius 1 is 1.43 bits per heavy atom. The van der Waals surface area contributed by atoms with E-state index in [0.717, 1.165) is 22.0 Å². The van der Waals surface area contributed by atoms with E-state index in [-0.39, 0.29) is 5.38 Å². The predicted octanol–water partition coefficient (Wildman–Crippen LogP) is 4.29. The van der Waals surface area contributed by atoms with Crippen LogP contribution in [0.2, 0.25) is 0 Å². The minimum Gasteiger partial charge on any atom is -0.466 e. The fourth-order valence-corrected chi connectivity index (χ4v) is 2.65. The lowest BCUT2D eigenvalue weighted by molar-refractivity contribution is 0.501. The maximum absolute atomic E-state index is 6.34. The number of alkyl halides is 1. The number of halogens is 1. The number of furan rings is 1. The third-order valence-corrected chi connectivity index (χ3v) is 3.68. The van der Waals surface area contributed by atoms with Gasteiger partial charge in [0.25, 0.3) is 0 Å². The van der Waals surface area contributed by atoms with Gasteiger partial charge in [-0.25, -0.2) is 0 Å². The zero-order chi connectivity index (χ0) is 10.1. The van der Waals surface area contributed by atoms with Crippen molar-refractivity contribution in [3.05, 3.63) is 45.5 Å². The van der Waals surface area contributed by atoms with E-state index < -0.39 is 0 Å². The minimum absolute atomic E-state index is 0.0764. The maximum Gasteiger partial charge on any atom is 0.106 e. The quantitative estimate of drug-likeness (QED) is 0.697. The lowest BCUT2D eigenvalue weighted by atomic mass is 10.1. The smallest absolute Gasteiger partial charge is 0.106 e. The summed E-state index contributed by atoms with van der Waals surface area (Å²) in [5.74, 6) is 1.83. The molecule has 0 bridgehead atoms. The van der Waals surface area contributed by atoms with Gasteiger partial charge < -0.3 is 4.42 Å². The molecule has 1 atom stereocenters. The van der Waals surface area contributed by atoms with Crippen molar-refractivity contribution >= 4 is 22.9 Å². The molecule has 0 aliphatic carbocycles. The first-order valence-electron chi connectivity index (χ1n) is 4.43. The molecule has 2 aromatic rings. The van der Waals surface area contributed by atoms with Gasteiger partial charge in [-0.15, -0.1) is 22.9 Å². The van der Waals surface area contributed by atoms with Crippen molar-refractivity contribution in [1.82, 2.24) is 0 Å². The summed E-state index contributed by atoms with van der Waals surface area (Å²) in [6.45, 7) is 3.89. The number of aryl methyl sites for hydroxylation is 2. The van der Waals surface area contributed by atoms with Gasteiger partial charge >= 0.3 is 0 Å². The summed E-state index contributed by atoms with van der Waals surface area (Å²) in [4.78, 5) is 1.16. The Bertz CT molecular complexity index is 416. The normalized spacial score (nSPS) is 13.1. The van der Waals surface area contributed by atoms with Gasteiger partial charge in [0.1, 0.15) is 11.5 Å². The van der Waals surface area contributed by atoms with Gasteiger partial charge in [0.05, 0.1) is 5.38 Å². The van der Waals surface area contributed by atoms with Gasteiger partial charge in [-0.3, -0.25) is 0 Å². The molecule has 2 heterocycles. The van der Waals surface area contributed by atoms with E-state index >= 15 is 0 Å². The van der Waals surface area contributed by atoms with Gasteiger partial charge in [-0.05, 0) is 31.4 Å². The Hall–Kier alpha value is -0.730. The van der Waals surface area contributed by atoms with Gasteiger partial charge in [0.15, 0.2) is 0 Å². The lowest BCUT2D eigenvalue weighted by Crippen LogP contribution is -1.89. The standard InChI is InChI=1S/C11H11ClOS/c1-7-6-9(8(2)13-7)11(12)10-4-3-5-14-10/h3-6,11H,1-2H3. The number of rotatable bonds is 2. The van der Waals surface area contributed by atoms with Crippen molar-refractivity contribution in [3.63, 3.8) is 0 Å². The Kier molecular flexibility index (Phi) is 2.66. The van der Waals surface area contributed by atoms with Gasteiger partial charge in [0, 0.05) is 10.4 Å².